The molecule has 112 valence electrons. The molecule has 0 aliphatic heterocycles. The molecule has 1 N–H and O–H groups in total. The van der Waals surface area contributed by atoms with E-state index >= 15 is 0 Å². The number of rotatable bonds is 4. The summed E-state index contributed by atoms with van der Waals surface area (Å²) in [5.74, 6) is -0.401. The van der Waals surface area contributed by atoms with Gasteiger partial charge in [-0.1, -0.05) is 29.1 Å². The third kappa shape index (κ3) is 2.58. The van der Waals surface area contributed by atoms with Gasteiger partial charge in [0, 0.05) is 16.5 Å². The van der Waals surface area contributed by atoms with Crippen molar-refractivity contribution in [2.75, 3.05) is 7.11 Å². The van der Waals surface area contributed by atoms with Crippen molar-refractivity contribution in [2.45, 2.75) is 9.92 Å². The third-order valence-corrected chi connectivity index (χ3v) is 4.77. The molecule has 0 spiro atoms. The Morgan fingerprint density at radius 1 is 1.50 bits per heavy atom. The van der Waals surface area contributed by atoms with E-state index in [1.807, 2.05) is 28.1 Å². The summed E-state index contributed by atoms with van der Waals surface area (Å²) in [6.45, 7) is 0. The molecule has 6 nitrogen and oxygen atoms in total. The molecule has 0 aliphatic carbocycles. The number of imidazole rings is 1. The van der Waals surface area contributed by atoms with Gasteiger partial charge < -0.3 is 9.94 Å². The molecular formula is C14H11N3O3S2. The minimum atomic E-state index is -0.401. The number of nitrogens with zero attached hydrogens (tertiary/aromatic N) is 3. The summed E-state index contributed by atoms with van der Waals surface area (Å²) in [7, 11) is 1.35. The van der Waals surface area contributed by atoms with E-state index in [2.05, 4.69) is 10.1 Å². The van der Waals surface area contributed by atoms with Crippen LogP contribution in [0.2, 0.25) is 0 Å². The molecule has 2 aromatic heterocycles. The standard InChI is InChI=1S/C14H11N3O3S2/c1-20-13(18)9-4-2-3-5-11(9)22-12-10(8-15-19)17-6-7-21-14(17)16-12/h2-8,19H,1H3/b15-8+. The number of ether oxygens (including phenoxy) is 1. The van der Waals surface area contributed by atoms with Gasteiger partial charge in [0.05, 0.1) is 18.9 Å². The predicted molar refractivity (Wildman–Crippen MR) is 84.4 cm³/mol. The van der Waals surface area contributed by atoms with E-state index in [1.165, 1.54) is 36.4 Å². The first kappa shape index (κ1) is 14.6. The Morgan fingerprint density at radius 3 is 3.09 bits per heavy atom. The summed E-state index contributed by atoms with van der Waals surface area (Å²) in [6.07, 6.45) is 3.18. The van der Waals surface area contributed by atoms with Crippen molar-refractivity contribution in [3.05, 3.63) is 47.1 Å². The van der Waals surface area contributed by atoms with E-state index in [-0.39, 0.29) is 0 Å². The molecule has 0 amide bonds. The SMILES string of the molecule is COC(=O)c1ccccc1Sc1nc2sccn2c1/C=N/O. The maximum absolute atomic E-state index is 11.8. The lowest BCUT2D eigenvalue weighted by atomic mass is 10.2. The fourth-order valence-electron chi connectivity index (χ4n) is 1.97. The highest BCUT2D eigenvalue weighted by Gasteiger charge is 2.17. The average Bonchev–Trinajstić information content (AvgIpc) is 3.10. The molecule has 0 unspecified atom stereocenters. The summed E-state index contributed by atoms with van der Waals surface area (Å²) in [6, 6.07) is 7.14. The van der Waals surface area contributed by atoms with Gasteiger partial charge in [0.2, 0.25) is 0 Å². The second kappa shape index (κ2) is 6.20. The summed E-state index contributed by atoms with van der Waals surface area (Å²) >= 11 is 2.80. The van der Waals surface area contributed by atoms with Gasteiger partial charge in [0.25, 0.3) is 0 Å². The largest absolute Gasteiger partial charge is 0.465 e. The van der Waals surface area contributed by atoms with Crippen molar-refractivity contribution >= 4 is 40.2 Å². The highest BCUT2D eigenvalue weighted by molar-refractivity contribution is 7.99. The smallest absolute Gasteiger partial charge is 0.339 e. The number of carbonyl (C=O) groups is 1. The van der Waals surface area contributed by atoms with Crippen LogP contribution in [-0.2, 0) is 4.74 Å². The van der Waals surface area contributed by atoms with Crippen LogP contribution in [0.15, 0.2) is 50.9 Å². The van der Waals surface area contributed by atoms with Crippen molar-refractivity contribution < 1.29 is 14.7 Å². The number of benzene rings is 1. The van der Waals surface area contributed by atoms with Crippen molar-refractivity contribution in [3.8, 4) is 0 Å². The Bertz CT molecular complexity index is 854. The van der Waals surface area contributed by atoms with E-state index < -0.39 is 5.97 Å². The Hall–Kier alpha value is -2.32. The van der Waals surface area contributed by atoms with Gasteiger partial charge in [-0.05, 0) is 12.1 Å². The maximum Gasteiger partial charge on any atom is 0.339 e. The van der Waals surface area contributed by atoms with Crippen LogP contribution in [0, 0.1) is 0 Å². The number of hydrogen-bond acceptors (Lipinski definition) is 7. The molecule has 0 bridgehead atoms. The normalized spacial score (nSPS) is 11.3. The number of aromatic nitrogens is 2. The number of hydrogen-bond donors (Lipinski definition) is 1. The second-order valence-electron chi connectivity index (χ2n) is 4.19. The first-order valence-electron chi connectivity index (χ1n) is 6.22. The zero-order valence-electron chi connectivity index (χ0n) is 11.5. The van der Waals surface area contributed by atoms with Crippen LogP contribution in [0.25, 0.3) is 4.96 Å². The fourth-order valence-corrected chi connectivity index (χ4v) is 3.75. The van der Waals surface area contributed by atoms with Crippen molar-refractivity contribution in [3.63, 3.8) is 0 Å². The van der Waals surface area contributed by atoms with E-state index in [0.717, 1.165) is 9.86 Å². The zero-order valence-corrected chi connectivity index (χ0v) is 13.1. The molecule has 0 atom stereocenters. The first-order valence-corrected chi connectivity index (χ1v) is 7.92. The van der Waals surface area contributed by atoms with Crippen molar-refractivity contribution in [1.29, 1.82) is 0 Å². The molecule has 1 aromatic carbocycles. The molecule has 0 fully saturated rings. The Kier molecular flexibility index (Phi) is 4.12. The molecule has 0 saturated carbocycles. The van der Waals surface area contributed by atoms with E-state index in [4.69, 9.17) is 9.94 Å². The summed E-state index contributed by atoms with van der Waals surface area (Å²) in [5.41, 5.74) is 1.13. The van der Waals surface area contributed by atoms with Crippen LogP contribution >= 0.6 is 23.1 Å². The predicted octanol–water partition coefficient (Wildman–Crippen LogP) is 3.14. The van der Waals surface area contributed by atoms with E-state index in [9.17, 15) is 4.79 Å². The van der Waals surface area contributed by atoms with Crippen LogP contribution in [0.1, 0.15) is 16.1 Å². The lowest BCUT2D eigenvalue weighted by Crippen LogP contribution is -2.02. The van der Waals surface area contributed by atoms with Crippen LogP contribution in [-0.4, -0.2) is 33.9 Å². The van der Waals surface area contributed by atoms with Crippen molar-refractivity contribution in [1.82, 2.24) is 9.38 Å². The molecule has 22 heavy (non-hydrogen) atoms. The maximum atomic E-state index is 11.8. The van der Waals surface area contributed by atoms with Crippen LogP contribution < -0.4 is 0 Å². The Balaban J connectivity index is 2.05. The molecule has 3 aromatic rings. The van der Waals surface area contributed by atoms with Crippen molar-refractivity contribution in [2.24, 2.45) is 5.16 Å². The minimum absolute atomic E-state index is 0.401. The third-order valence-electron chi connectivity index (χ3n) is 2.94. The van der Waals surface area contributed by atoms with Gasteiger partial charge in [0.1, 0.15) is 10.7 Å². The quantitative estimate of drug-likeness (QED) is 0.343. The topological polar surface area (TPSA) is 76.2 Å². The van der Waals surface area contributed by atoms with E-state index in [0.29, 0.717) is 16.3 Å². The van der Waals surface area contributed by atoms with Crippen LogP contribution in [0.5, 0.6) is 0 Å². The monoisotopic (exact) mass is 333 g/mol. The molecule has 8 heteroatoms. The second-order valence-corrected chi connectivity index (χ2v) is 6.10. The average molecular weight is 333 g/mol. The molecule has 0 aliphatic rings. The summed E-state index contributed by atoms with van der Waals surface area (Å²) < 4.78 is 6.62. The van der Waals surface area contributed by atoms with Gasteiger partial charge in [-0.3, -0.25) is 4.40 Å². The van der Waals surface area contributed by atoms with Gasteiger partial charge in [0.15, 0.2) is 4.96 Å². The highest BCUT2D eigenvalue weighted by atomic mass is 32.2. The van der Waals surface area contributed by atoms with Gasteiger partial charge in [-0.25, -0.2) is 9.78 Å². The van der Waals surface area contributed by atoms with E-state index in [1.54, 1.807) is 12.1 Å². The Labute approximate surface area is 134 Å². The molecule has 0 saturated heterocycles. The molecule has 3 rings (SSSR count). The van der Waals surface area contributed by atoms with Gasteiger partial charge in [-0.2, -0.15) is 0 Å². The fraction of sp³-hybridized carbons (Fsp3) is 0.0714. The number of fused-ring (bicyclic) bond motifs is 1. The number of methoxy groups -OCH3 is 1. The summed E-state index contributed by atoms with van der Waals surface area (Å²) in [4.78, 5) is 17.8. The number of esters is 1. The lowest BCUT2D eigenvalue weighted by Gasteiger charge is -2.06. The van der Waals surface area contributed by atoms with Gasteiger partial charge in [-0.15, -0.1) is 11.3 Å². The molecule has 2 heterocycles. The number of oxime groups is 1. The van der Waals surface area contributed by atoms with Crippen LogP contribution in [0.3, 0.4) is 0 Å². The lowest BCUT2D eigenvalue weighted by molar-refractivity contribution is 0.0597. The number of thiazole rings is 1. The Morgan fingerprint density at radius 2 is 2.32 bits per heavy atom. The van der Waals surface area contributed by atoms with Gasteiger partial charge >= 0.3 is 5.97 Å². The summed E-state index contributed by atoms with van der Waals surface area (Å²) in [5, 5.41) is 14.5. The zero-order chi connectivity index (χ0) is 15.5. The first-order chi connectivity index (χ1) is 10.7. The highest BCUT2D eigenvalue weighted by Crippen LogP contribution is 2.33. The van der Waals surface area contributed by atoms with Crippen LogP contribution in [0.4, 0.5) is 0 Å². The number of carbonyl (C=O) groups excluding carboxylic acids is 1. The molecule has 0 radical (unpaired) electrons. The minimum Gasteiger partial charge on any atom is -0.465 e. The molecular weight excluding hydrogens is 322 g/mol.